The molecule has 7 heteroatoms. The maximum atomic E-state index is 12.3. The van der Waals surface area contributed by atoms with Crippen molar-refractivity contribution < 1.29 is 4.79 Å². The number of carbonyl (C=O) groups excluding carboxylic acids is 1. The summed E-state index contributed by atoms with van der Waals surface area (Å²) in [6, 6.07) is 15.1. The van der Waals surface area contributed by atoms with Crippen LogP contribution in [-0.2, 0) is 0 Å². The van der Waals surface area contributed by atoms with Crippen molar-refractivity contribution in [2.24, 2.45) is 0 Å². The number of benzene rings is 2. The molecule has 0 aliphatic carbocycles. The topological polar surface area (TPSA) is 70.2 Å². The van der Waals surface area contributed by atoms with Crippen molar-refractivity contribution in [3.05, 3.63) is 71.6 Å². The van der Waals surface area contributed by atoms with Crippen LogP contribution in [0.2, 0.25) is 5.02 Å². The van der Waals surface area contributed by atoms with Crippen molar-refractivity contribution in [1.82, 2.24) is 9.97 Å². The third-order valence-electron chi connectivity index (χ3n) is 4.24. The lowest BCUT2D eigenvalue weighted by molar-refractivity contribution is 0.102. The molecule has 2 N–H and O–H groups in total. The van der Waals surface area contributed by atoms with E-state index in [1.54, 1.807) is 24.3 Å². The molecular formula is C21H22ClN5O. The fourth-order valence-corrected chi connectivity index (χ4v) is 2.95. The highest BCUT2D eigenvalue weighted by atomic mass is 35.5. The predicted molar refractivity (Wildman–Crippen MR) is 115 cm³/mol. The number of nitrogens with zero attached hydrogens (tertiary/aromatic N) is 3. The molecule has 3 aromatic rings. The minimum Gasteiger partial charge on any atom is -0.372 e. The molecule has 0 bridgehead atoms. The van der Waals surface area contributed by atoms with Gasteiger partial charge >= 0.3 is 0 Å². The Labute approximate surface area is 169 Å². The zero-order valence-electron chi connectivity index (χ0n) is 15.8. The van der Waals surface area contributed by atoms with E-state index in [-0.39, 0.29) is 11.6 Å². The van der Waals surface area contributed by atoms with Crippen LogP contribution in [0.5, 0.6) is 0 Å². The van der Waals surface area contributed by atoms with Gasteiger partial charge in [-0.1, -0.05) is 17.7 Å². The number of halogens is 1. The fourth-order valence-electron chi connectivity index (χ4n) is 2.76. The zero-order chi connectivity index (χ0) is 19.9. The fraction of sp³-hybridized carbons (Fsp3) is 0.190. The van der Waals surface area contributed by atoms with Crippen LogP contribution in [0.4, 0.5) is 22.9 Å². The van der Waals surface area contributed by atoms with Gasteiger partial charge in [-0.2, -0.15) is 0 Å². The third kappa shape index (κ3) is 4.98. The Bertz CT molecular complexity index is 924. The van der Waals surface area contributed by atoms with E-state index in [1.807, 2.05) is 12.1 Å². The first kappa shape index (κ1) is 19.6. The first-order valence-corrected chi connectivity index (χ1v) is 9.48. The van der Waals surface area contributed by atoms with Gasteiger partial charge in [-0.3, -0.25) is 4.79 Å². The van der Waals surface area contributed by atoms with Crippen molar-refractivity contribution in [1.29, 1.82) is 0 Å². The van der Waals surface area contributed by atoms with Crippen molar-refractivity contribution in [2.45, 2.75) is 13.8 Å². The summed E-state index contributed by atoms with van der Waals surface area (Å²) < 4.78 is 0. The van der Waals surface area contributed by atoms with Crippen LogP contribution in [0.25, 0.3) is 0 Å². The minimum absolute atomic E-state index is 0.224. The molecule has 0 aliphatic rings. The number of anilines is 4. The van der Waals surface area contributed by atoms with Gasteiger partial charge in [0.05, 0.1) is 12.4 Å². The van der Waals surface area contributed by atoms with Gasteiger partial charge in [-0.15, -0.1) is 0 Å². The molecule has 0 atom stereocenters. The number of aromatic nitrogens is 2. The van der Waals surface area contributed by atoms with Crippen LogP contribution in [0, 0.1) is 0 Å². The summed E-state index contributed by atoms with van der Waals surface area (Å²) in [5.41, 5.74) is 2.91. The smallest absolute Gasteiger partial charge is 0.275 e. The van der Waals surface area contributed by atoms with Crippen LogP contribution in [-0.4, -0.2) is 29.0 Å². The summed E-state index contributed by atoms with van der Waals surface area (Å²) in [6.07, 6.45) is 2.97. The molecule has 0 aliphatic heterocycles. The molecule has 0 spiro atoms. The summed E-state index contributed by atoms with van der Waals surface area (Å²) in [7, 11) is 0. The summed E-state index contributed by atoms with van der Waals surface area (Å²) in [6.45, 7) is 6.20. The summed E-state index contributed by atoms with van der Waals surface area (Å²) in [4.78, 5) is 23.0. The van der Waals surface area contributed by atoms with Crippen molar-refractivity contribution in [3.8, 4) is 0 Å². The quantitative estimate of drug-likeness (QED) is 0.590. The predicted octanol–water partition coefficient (Wildman–Crippen LogP) is 4.97. The number of rotatable bonds is 7. The molecule has 0 fully saturated rings. The van der Waals surface area contributed by atoms with Gasteiger partial charge in [-0.25, -0.2) is 9.97 Å². The number of nitrogens with one attached hydrogen (secondary N) is 2. The van der Waals surface area contributed by atoms with Gasteiger partial charge in [0.15, 0.2) is 0 Å². The SMILES string of the molecule is CCN(CC)c1ccc(Nc2cnc(C(=O)Nc3cccc(Cl)c3)cn2)cc1. The molecule has 0 saturated heterocycles. The van der Waals surface area contributed by atoms with E-state index >= 15 is 0 Å². The molecule has 2 aromatic carbocycles. The first-order chi connectivity index (χ1) is 13.6. The summed E-state index contributed by atoms with van der Waals surface area (Å²) >= 11 is 5.93. The van der Waals surface area contributed by atoms with Crippen LogP contribution in [0.15, 0.2) is 60.9 Å². The second-order valence-corrected chi connectivity index (χ2v) is 6.53. The van der Waals surface area contributed by atoms with Crippen LogP contribution in [0.3, 0.4) is 0 Å². The molecule has 28 heavy (non-hydrogen) atoms. The number of hydrogen-bond donors (Lipinski definition) is 2. The Kier molecular flexibility index (Phi) is 6.45. The molecule has 144 valence electrons. The van der Waals surface area contributed by atoms with Gasteiger partial charge < -0.3 is 15.5 Å². The maximum Gasteiger partial charge on any atom is 0.275 e. The highest BCUT2D eigenvalue weighted by Gasteiger charge is 2.09. The normalized spacial score (nSPS) is 10.4. The van der Waals surface area contributed by atoms with E-state index < -0.39 is 0 Å². The summed E-state index contributed by atoms with van der Waals surface area (Å²) in [5.74, 6) is 0.222. The average molecular weight is 396 g/mol. The van der Waals surface area contributed by atoms with Gasteiger partial charge in [0.2, 0.25) is 0 Å². The minimum atomic E-state index is -0.343. The Balaban J connectivity index is 1.63. The lowest BCUT2D eigenvalue weighted by atomic mass is 10.2. The molecule has 0 radical (unpaired) electrons. The van der Waals surface area contributed by atoms with Gasteiger partial charge in [-0.05, 0) is 56.3 Å². The Morgan fingerprint density at radius 2 is 1.75 bits per heavy atom. The second kappa shape index (κ2) is 9.19. The second-order valence-electron chi connectivity index (χ2n) is 6.10. The van der Waals surface area contributed by atoms with E-state index in [0.29, 0.717) is 16.5 Å². The number of hydrogen-bond acceptors (Lipinski definition) is 5. The lowest BCUT2D eigenvalue weighted by Gasteiger charge is -2.21. The third-order valence-corrected chi connectivity index (χ3v) is 4.47. The highest BCUT2D eigenvalue weighted by Crippen LogP contribution is 2.20. The van der Waals surface area contributed by atoms with Crippen molar-refractivity contribution in [2.75, 3.05) is 28.6 Å². The monoisotopic (exact) mass is 395 g/mol. The molecule has 6 nitrogen and oxygen atoms in total. The first-order valence-electron chi connectivity index (χ1n) is 9.10. The van der Waals surface area contributed by atoms with E-state index in [0.717, 1.165) is 18.8 Å². The number of amides is 1. The molecule has 0 unspecified atom stereocenters. The Morgan fingerprint density at radius 1 is 1.00 bits per heavy atom. The maximum absolute atomic E-state index is 12.3. The Hall–Kier alpha value is -3.12. The molecular weight excluding hydrogens is 374 g/mol. The molecule has 0 saturated carbocycles. The molecule has 1 amide bonds. The van der Waals surface area contributed by atoms with Gasteiger partial charge in [0.25, 0.3) is 5.91 Å². The average Bonchev–Trinajstić information content (AvgIpc) is 2.71. The van der Waals surface area contributed by atoms with E-state index in [2.05, 4.69) is 51.5 Å². The van der Waals surface area contributed by atoms with E-state index in [1.165, 1.54) is 18.1 Å². The largest absolute Gasteiger partial charge is 0.372 e. The van der Waals surface area contributed by atoms with Gasteiger partial charge in [0, 0.05) is 35.2 Å². The summed E-state index contributed by atoms with van der Waals surface area (Å²) in [5, 5.41) is 6.48. The van der Waals surface area contributed by atoms with Gasteiger partial charge in [0.1, 0.15) is 11.5 Å². The van der Waals surface area contributed by atoms with Crippen LogP contribution < -0.4 is 15.5 Å². The molecule has 1 heterocycles. The molecule has 3 rings (SSSR count). The zero-order valence-corrected chi connectivity index (χ0v) is 16.6. The number of carbonyl (C=O) groups is 1. The highest BCUT2D eigenvalue weighted by molar-refractivity contribution is 6.30. The Morgan fingerprint density at radius 3 is 2.36 bits per heavy atom. The van der Waals surface area contributed by atoms with E-state index in [4.69, 9.17) is 11.6 Å². The van der Waals surface area contributed by atoms with Crippen LogP contribution >= 0.6 is 11.6 Å². The van der Waals surface area contributed by atoms with Crippen molar-refractivity contribution >= 4 is 40.4 Å². The van der Waals surface area contributed by atoms with Crippen LogP contribution in [0.1, 0.15) is 24.3 Å². The lowest BCUT2D eigenvalue weighted by Crippen LogP contribution is -2.21. The molecule has 1 aromatic heterocycles. The van der Waals surface area contributed by atoms with Crippen molar-refractivity contribution in [3.63, 3.8) is 0 Å². The standard InChI is InChI=1S/C21H22ClN5O/c1-3-27(4-2)18-10-8-16(9-11-18)25-20-14-23-19(13-24-20)21(28)26-17-7-5-6-15(22)12-17/h5-14H,3-4H2,1-2H3,(H,24,25)(H,26,28). The van der Waals surface area contributed by atoms with E-state index in [9.17, 15) is 4.79 Å².